The summed E-state index contributed by atoms with van der Waals surface area (Å²) in [5.41, 5.74) is 0. The monoisotopic (exact) mass is 146 g/mol. The Morgan fingerprint density at radius 3 is 2.30 bits per heavy atom. The number of hydrogen-bond acceptors (Lipinski definition) is 3. The Balaban J connectivity index is 3.58. The molecule has 62 valence electrons. The van der Waals surface area contributed by atoms with Crippen LogP contribution >= 0.6 is 0 Å². The molecule has 0 saturated carbocycles. The van der Waals surface area contributed by atoms with Gasteiger partial charge in [0, 0.05) is 12.6 Å². The molecule has 3 heteroatoms. The highest BCUT2D eigenvalue weighted by molar-refractivity contribution is 4.71. The number of aliphatic hydroxyl groups excluding tert-OH is 1. The highest BCUT2D eigenvalue weighted by Crippen LogP contribution is 1.97. The topological polar surface area (TPSA) is 35.5 Å². The first-order valence-electron chi connectivity index (χ1n) is 3.58. The maximum absolute atomic E-state index is 9.38. The third kappa shape index (κ3) is 3.15. The molecule has 0 aromatic heterocycles. The molecule has 0 aromatic carbocycles. The zero-order valence-electron chi connectivity index (χ0n) is 7.26. The van der Waals surface area contributed by atoms with Gasteiger partial charge in [-0.3, -0.25) is 0 Å². The molecule has 0 aliphatic rings. The Morgan fingerprint density at radius 1 is 1.50 bits per heavy atom. The summed E-state index contributed by atoms with van der Waals surface area (Å²) in [5.74, 6) is 0. The summed E-state index contributed by atoms with van der Waals surface area (Å²) in [7, 11) is 5.76. The summed E-state index contributed by atoms with van der Waals surface area (Å²) < 4.78 is 0. The van der Waals surface area contributed by atoms with Crippen molar-refractivity contribution in [2.75, 3.05) is 27.7 Å². The molecular weight excluding hydrogens is 128 g/mol. The molecule has 0 aliphatic heterocycles. The lowest BCUT2D eigenvalue weighted by atomic mass is 10.2. The van der Waals surface area contributed by atoms with Gasteiger partial charge in [0.2, 0.25) is 0 Å². The average Bonchev–Trinajstić information content (AvgIpc) is 1.87. The quantitative estimate of drug-likeness (QED) is 0.562. The number of aliphatic hydroxyl groups is 1. The van der Waals surface area contributed by atoms with E-state index in [4.69, 9.17) is 0 Å². The van der Waals surface area contributed by atoms with Gasteiger partial charge < -0.3 is 15.3 Å². The summed E-state index contributed by atoms with van der Waals surface area (Å²) in [5, 5.41) is 12.3. The third-order valence-electron chi connectivity index (χ3n) is 1.78. The van der Waals surface area contributed by atoms with Crippen molar-refractivity contribution in [2.45, 2.75) is 19.1 Å². The molecule has 0 bridgehead atoms. The molecule has 0 radical (unpaired) electrons. The lowest BCUT2D eigenvalue weighted by Gasteiger charge is -2.24. The van der Waals surface area contributed by atoms with E-state index in [0.29, 0.717) is 6.54 Å². The van der Waals surface area contributed by atoms with Crippen LogP contribution in [0.25, 0.3) is 0 Å². The van der Waals surface area contributed by atoms with Gasteiger partial charge in [0.05, 0.1) is 6.10 Å². The maximum atomic E-state index is 9.38. The van der Waals surface area contributed by atoms with E-state index in [1.807, 2.05) is 33.0 Å². The lowest BCUT2D eigenvalue weighted by molar-refractivity contribution is 0.0868. The van der Waals surface area contributed by atoms with Crippen LogP contribution in [0.5, 0.6) is 0 Å². The van der Waals surface area contributed by atoms with E-state index >= 15 is 0 Å². The van der Waals surface area contributed by atoms with Crippen molar-refractivity contribution in [3.8, 4) is 0 Å². The Morgan fingerprint density at radius 2 is 2.00 bits per heavy atom. The van der Waals surface area contributed by atoms with Crippen molar-refractivity contribution in [3.63, 3.8) is 0 Å². The molecule has 0 aliphatic carbocycles. The van der Waals surface area contributed by atoms with E-state index in [1.165, 1.54) is 0 Å². The van der Waals surface area contributed by atoms with E-state index < -0.39 is 0 Å². The number of nitrogens with one attached hydrogen (secondary N) is 1. The Kier molecular flexibility index (Phi) is 4.60. The highest BCUT2D eigenvalue weighted by atomic mass is 16.3. The molecule has 0 heterocycles. The molecule has 10 heavy (non-hydrogen) atoms. The van der Waals surface area contributed by atoms with Gasteiger partial charge in [0.1, 0.15) is 0 Å². The number of rotatable bonds is 4. The lowest BCUT2D eigenvalue weighted by Crippen LogP contribution is -2.41. The summed E-state index contributed by atoms with van der Waals surface area (Å²) >= 11 is 0. The van der Waals surface area contributed by atoms with Crippen LogP contribution < -0.4 is 5.32 Å². The average molecular weight is 146 g/mol. The molecule has 3 nitrogen and oxygen atoms in total. The van der Waals surface area contributed by atoms with Crippen LogP contribution in [-0.2, 0) is 0 Å². The van der Waals surface area contributed by atoms with E-state index in [0.717, 1.165) is 0 Å². The number of likely N-dealkylation sites (N-methyl/N-ethyl adjacent to an activating group) is 2. The predicted molar refractivity (Wildman–Crippen MR) is 43.1 cm³/mol. The van der Waals surface area contributed by atoms with Crippen LogP contribution in [0.3, 0.4) is 0 Å². The van der Waals surface area contributed by atoms with Crippen LogP contribution in [0.4, 0.5) is 0 Å². The van der Waals surface area contributed by atoms with Gasteiger partial charge in [-0.2, -0.15) is 0 Å². The van der Waals surface area contributed by atoms with Crippen LogP contribution in [0, 0.1) is 0 Å². The second-order valence-corrected chi connectivity index (χ2v) is 2.83. The second kappa shape index (κ2) is 4.66. The molecule has 0 aromatic rings. The first-order chi connectivity index (χ1) is 4.59. The van der Waals surface area contributed by atoms with E-state index in [1.54, 1.807) is 0 Å². The van der Waals surface area contributed by atoms with Gasteiger partial charge in [0.15, 0.2) is 0 Å². The van der Waals surface area contributed by atoms with Gasteiger partial charge in [0.25, 0.3) is 0 Å². The zero-order valence-corrected chi connectivity index (χ0v) is 7.26. The van der Waals surface area contributed by atoms with Crippen molar-refractivity contribution in [1.29, 1.82) is 0 Å². The highest BCUT2D eigenvalue weighted by Gasteiger charge is 2.14. The molecule has 0 unspecified atom stereocenters. The Bertz CT molecular complexity index is 85.7. The number of nitrogens with zero attached hydrogens (tertiary/aromatic N) is 1. The van der Waals surface area contributed by atoms with Gasteiger partial charge in [-0.05, 0) is 28.1 Å². The summed E-state index contributed by atoms with van der Waals surface area (Å²) in [6.45, 7) is 2.65. The molecule has 0 fully saturated rings. The molecular formula is C7H18N2O. The molecule has 0 spiro atoms. The minimum atomic E-state index is -0.278. The minimum Gasteiger partial charge on any atom is -0.390 e. The smallest absolute Gasteiger partial charge is 0.0816 e. The van der Waals surface area contributed by atoms with E-state index in [2.05, 4.69) is 5.32 Å². The van der Waals surface area contributed by atoms with Crippen LogP contribution in [0.2, 0.25) is 0 Å². The van der Waals surface area contributed by atoms with Crippen molar-refractivity contribution in [2.24, 2.45) is 0 Å². The third-order valence-corrected chi connectivity index (χ3v) is 1.78. The predicted octanol–water partition coefficient (Wildman–Crippen LogP) is -0.483. The standard InChI is InChI=1S/C7H18N2O/c1-6(9(3)4)7(10)5-8-2/h6-8,10H,5H2,1-4H3/t6-,7+/m0/s1. The Labute approximate surface area is 63.0 Å². The maximum Gasteiger partial charge on any atom is 0.0816 e. The van der Waals surface area contributed by atoms with Crippen molar-refractivity contribution in [3.05, 3.63) is 0 Å². The molecule has 2 atom stereocenters. The van der Waals surface area contributed by atoms with Gasteiger partial charge in [-0.15, -0.1) is 0 Å². The van der Waals surface area contributed by atoms with Crippen molar-refractivity contribution >= 4 is 0 Å². The number of hydrogen-bond donors (Lipinski definition) is 2. The van der Waals surface area contributed by atoms with Crippen molar-refractivity contribution < 1.29 is 5.11 Å². The normalized spacial score (nSPS) is 17.4. The Hall–Kier alpha value is -0.120. The fourth-order valence-corrected chi connectivity index (χ4v) is 0.724. The minimum absolute atomic E-state index is 0.215. The molecule has 0 saturated heterocycles. The molecule has 0 amide bonds. The van der Waals surface area contributed by atoms with Crippen LogP contribution in [-0.4, -0.2) is 49.8 Å². The van der Waals surface area contributed by atoms with Gasteiger partial charge in [-0.25, -0.2) is 0 Å². The van der Waals surface area contributed by atoms with Gasteiger partial charge in [-0.1, -0.05) is 0 Å². The SMILES string of the molecule is CNC[C@@H](O)[C@H](C)N(C)C. The van der Waals surface area contributed by atoms with Crippen LogP contribution in [0.1, 0.15) is 6.92 Å². The first-order valence-corrected chi connectivity index (χ1v) is 3.58. The molecule has 2 N–H and O–H groups in total. The summed E-state index contributed by atoms with van der Waals surface area (Å²) in [6, 6.07) is 0.215. The van der Waals surface area contributed by atoms with E-state index in [-0.39, 0.29) is 12.1 Å². The van der Waals surface area contributed by atoms with Crippen LogP contribution in [0.15, 0.2) is 0 Å². The molecule has 0 rings (SSSR count). The summed E-state index contributed by atoms with van der Waals surface area (Å²) in [4.78, 5) is 2.00. The first kappa shape index (κ1) is 9.88. The van der Waals surface area contributed by atoms with Gasteiger partial charge >= 0.3 is 0 Å². The zero-order chi connectivity index (χ0) is 8.15. The second-order valence-electron chi connectivity index (χ2n) is 2.83. The summed E-state index contributed by atoms with van der Waals surface area (Å²) in [6.07, 6.45) is -0.278. The van der Waals surface area contributed by atoms with E-state index in [9.17, 15) is 5.11 Å². The fraction of sp³-hybridized carbons (Fsp3) is 1.00. The largest absolute Gasteiger partial charge is 0.390 e. The van der Waals surface area contributed by atoms with Crippen molar-refractivity contribution in [1.82, 2.24) is 10.2 Å². The fourth-order valence-electron chi connectivity index (χ4n) is 0.724.